The fourth-order valence-corrected chi connectivity index (χ4v) is 2.34. The standard InChI is InChI=1S/C16H12ClFN2O/c1-9-3-2-4-10(7-9)14-15(20-21-16(14)19)11-5-6-12(17)13(18)8-11/h2-8H,19H2,1H3. The predicted molar refractivity (Wildman–Crippen MR) is 81.5 cm³/mol. The van der Waals surface area contributed by atoms with Crippen LogP contribution in [0.1, 0.15) is 5.56 Å². The van der Waals surface area contributed by atoms with Gasteiger partial charge >= 0.3 is 0 Å². The second-order valence-corrected chi connectivity index (χ2v) is 5.18. The van der Waals surface area contributed by atoms with E-state index in [9.17, 15) is 4.39 Å². The van der Waals surface area contributed by atoms with Gasteiger partial charge in [-0.3, -0.25) is 0 Å². The van der Waals surface area contributed by atoms with Gasteiger partial charge < -0.3 is 10.3 Å². The molecule has 1 heterocycles. The van der Waals surface area contributed by atoms with Gasteiger partial charge in [-0.05, 0) is 24.6 Å². The Morgan fingerprint density at radius 2 is 1.95 bits per heavy atom. The highest BCUT2D eigenvalue weighted by molar-refractivity contribution is 6.30. The summed E-state index contributed by atoms with van der Waals surface area (Å²) >= 11 is 5.71. The van der Waals surface area contributed by atoms with Gasteiger partial charge in [0.1, 0.15) is 11.5 Å². The van der Waals surface area contributed by atoms with Gasteiger partial charge in [-0.1, -0.05) is 52.7 Å². The maximum absolute atomic E-state index is 13.6. The summed E-state index contributed by atoms with van der Waals surface area (Å²) in [6.07, 6.45) is 0. The molecule has 0 spiro atoms. The molecule has 106 valence electrons. The van der Waals surface area contributed by atoms with E-state index < -0.39 is 5.82 Å². The van der Waals surface area contributed by atoms with E-state index in [1.807, 2.05) is 31.2 Å². The second kappa shape index (κ2) is 5.22. The van der Waals surface area contributed by atoms with Crippen LogP contribution in [-0.2, 0) is 0 Å². The number of aryl methyl sites for hydroxylation is 1. The van der Waals surface area contributed by atoms with E-state index in [-0.39, 0.29) is 10.9 Å². The van der Waals surface area contributed by atoms with Crippen LogP contribution in [0, 0.1) is 12.7 Å². The number of nitrogen functional groups attached to an aromatic ring is 1. The summed E-state index contributed by atoms with van der Waals surface area (Å²) in [5, 5.41) is 4.02. The quantitative estimate of drug-likeness (QED) is 0.747. The molecule has 0 amide bonds. The molecule has 1 aromatic heterocycles. The molecule has 0 fully saturated rings. The average Bonchev–Trinajstić information content (AvgIpc) is 2.84. The normalized spacial score (nSPS) is 10.8. The zero-order valence-corrected chi connectivity index (χ0v) is 12.0. The van der Waals surface area contributed by atoms with E-state index in [4.69, 9.17) is 21.9 Å². The Kier molecular flexibility index (Phi) is 3.39. The largest absolute Gasteiger partial charge is 0.367 e. The Hall–Kier alpha value is -2.33. The van der Waals surface area contributed by atoms with Crippen LogP contribution in [-0.4, -0.2) is 5.16 Å². The minimum atomic E-state index is -0.508. The molecule has 0 unspecified atom stereocenters. The topological polar surface area (TPSA) is 52.0 Å². The predicted octanol–water partition coefficient (Wildman–Crippen LogP) is 4.69. The molecular weight excluding hydrogens is 291 g/mol. The van der Waals surface area contributed by atoms with Crippen LogP contribution in [0.4, 0.5) is 10.3 Å². The average molecular weight is 303 g/mol. The number of halogens is 2. The first-order chi connectivity index (χ1) is 10.1. The van der Waals surface area contributed by atoms with E-state index in [0.717, 1.165) is 11.1 Å². The lowest BCUT2D eigenvalue weighted by Gasteiger charge is -2.04. The van der Waals surface area contributed by atoms with Crippen LogP contribution in [0.15, 0.2) is 47.0 Å². The highest BCUT2D eigenvalue weighted by Gasteiger charge is 2.18. The molecule has 3 nitrogen and oxygen atoms in total. The molecule has 0 aliphatic carbocycles. The lowest BCUT2D eigenvalue weighted by atomic mass is 9.99. The molecule has 21 heavy (non-hydrogen) atoms. The molecule has 3 aromatic rings. The summed E-state index contributed by atoms with van der Waals surface area (Å²) in [4.78, 5) is 0. The summed E-state index contributed by atoms with van der Waals surface area (Å²) in [5.41, 5.74) is 9.55. The number of nitrogens with two attached hydrogens (primary N) is 1. The third-order valence-corrected chi connectivity index (χ3v) is 3.52. The number of aromatic nitrogens is 1. The third kappa shape index (κ3) is 2.50. The van der Waals surface area contributed by atoms with Gasteiger partial charge in [0.25, 0.3) is 0 Å². The first-order valence-electron chi connectivity index (χ1n) is 6.34. The molecule has 0 radical (unpaired) electrons. The Morgan fingerprint density at radius 1 is 1.14 bits per heavy atom. The summed E-state index contributed by atoms with van der Waals surface area (Å²) in [5.74, 6) is -0.308. The van der Waals surface area contributed by atoms with Gasteiger partial charge in [-0.25, -0.2) is 4.39 Å². The van der Waals surface area contributed by atoms with Gasteiger partial charge in [-0.2, -0.15) is 0 Å². The van der Waals surface area contributed by atoms with Crippen molar-refractivity contribution >= 4 is 17.5 Å². The maximum Gasteiger partial charge on any atom is 0.230 e. The Bertz CT molecular complexity index is 814. The van der Waals surface area contributed by atoms with Gasteiger partial charge in [0.05, 0.1) is 10.6 Å². The van der Waals surface area contributed by atoms with Crippen molar-refractivity contribution in [2.24, 2.45) is 0 Å². The van der Waals surface area contributed by atoms with Crippen LogP contribution in [0.2, 0.25) is 5.02 Å². The van der Waals surface area contributed by atoms with Crippen molar-refractivity contribution in [1.82, 2.24) is 5.16 Å². The molecule has 2 aromatic carbocycles. The zero-order chi connectivity index (χ0) is 15.0. The lowest BCUT2D eigenvalue weighted by Crippen LogP contribution is -1.89. The second-order valence-electron chi connectivity index (χ2n) is 4.77. The number of benzene rings is 2. The Morgan fingerprint density at radius 3 is 2.67 bits per heavy atom. The van der Waals surface area contributed by atoms with Gasteiger partial charge in [0.15, 0.2) is 0 Å². The molecular formula is C16H12ClFN2O. The first kappa shape index (κ1) is 13.6. The first-order valence-corrected chi connectivity index (χ1v) is 6.71. The lowest BCUT2D eigenvalue weighted by molar-refractivity contribution is 0.439. The molecule has 0 saturated carbocycles. The van der Waals surface area contributed by atoms with E-state index >= 15 is 0 Å². The minimum Gasteiger partial charge on any atom is -0.367 e. The molecule has 0 aliphatic heterocycles. The van der Waals surface area contributed by atoms with Gasteiger partial charge in [0, 0.05) is 5.56 Å². The molecule has 3 rings (SSSR count). The van der Waals surface area contributed by atoms with Crippen molar-refractivity contribution in [3.05, 3.63) is 58.9 Å². The molecule has 0 saturated heterocycles. The van der Waals surface area contributed by atoms with E-state index in [1.165, 1.54) is 12.1 Å². The zero-order valence-electron chi connectivity index (χ0n) is 11.2. The molecule has 0 aliphatic rings. The SMILES string of the molecule is Cc1cccc(-c2c(-c3ccc(Cl)c(F)c3)noc2N)c1. The third-order valence-electron chi connectivity index (χ3n) is 3.22. The van der Waals surface area contributed by atoms with Crippen molar-refractivity contribution < 1.29 is 8.91 Å². The monoisotopic (exact) mass is 302 g/mol. The van der Waals surface area contributed by atoms with Crippen molar-refractivity contribution in [1.29, 1.82) is 0 Å². The van der Waals surface area contributed by atoms with Crippen LogP contribution in [0.3, 0.4) is 0 Å². The van der Waals surface area contributed by atoms with Crippen LogP contribution < -0.4 is 5.73 Å². The van der Waals surface area contributed by atoms with E-state index in [0.29, 0.717) is 16.8 Å². The smallest absolute Gasteiger partial charge is 0.230 e. The van der Waals surface area contributed by atoms with Crippen molar-refractivity contribution in [2.75, 3.05) is 5.73 Å². The fraction of sp³-hybridized carbons (Fsp3) is 0.0625. The van der Waals surface area contributed by atoms with Crippen molar-refractivity contribution in [2.45, 2.75) is 6.92 Å². The van der Waals surface area contributed by atoms with Crippen molar-refractivity contribution in [3.63, 3.8) is 0 Å². The molecule has 0 atom stereocenters. The number of nitrogens with zero attached hydrogens (tertiary/aromatic N) is 1. The highest BCUT2D eigenvalue weighted by atomic mass is 35.5. The number of hydrogen-bond donors (Lipinski definition) is 1. The summed E-state index contributed by atoms with van der Waals surface area (Å²) < 4.78 is 18.7. The van der Waals surface area contributed by atoms with Crippen molar-refractivity contribution in [3.8, 4) is 22.4 Å². The molecule has 5 heteroatoms. The Labute approximate surface area is 126 Å². The molecule has 0 bridgehead atoms. The van der Waals surface area contributed by atoms with Gasteiger partial charge in [-0.15, -0.1) is 0 Å². The van der Waals surface area contributed by atoms with E-state index in [2.05, 4.69) is 5.16 Å². The van der Waals surface area contributed by atoms with Crippen LogP contribution in [0.5, 0.6) is 0 Å². The summed E-state index contributed by atoms with van der Waals surface area (Å²) in [6, 6.07) is 12.3. The number of anilines is 1. The van der Waals surface area contributed by atoms with E-state index in [1.54, 1.807) is 6.07 Å². The highest BCUT2D eigenvalue weighted by Crippen LogP contribution is 2.37. The summed E-state index contributed by atoms with van der Waals surface area (Å²) in [6.45, 7) is 1.98. The minimum absolute atomic E-state index is 0.0623. The fourth-order valence-electron chi connectivity index (χ4n) is 2.22. The van der Waals surface area contributed by atoms with Crippen LogP contribution in [0.25, 0.3) is 22.4 Å². The van der Waals surface area contributed by atoms with Gasteiger partial charge in [0.2, 0.25) is 5.88 Å². The number of rotatable bonds is 2. The number of hydrogen-bond acceptors (Lipinski definition) is 3. The maximum atomic E-state index is 13.6. The van der Waals surface area contributed by atoms with Crippen LogP contribution >= 0.6 is 11.6 Å². The molecule has 2 N–H and O–H groups in total. The summed E-state index contributed by atoms with van der Waals surface area (Å²) in [7, 11) is 0. The Balaban J connectivity index is 2.19.